The van der Waals surface area contributed by atoms with E-state index in [9.17, 15) is 4.79 Å². The smallest absolute Gasteiger partial charge is 0.339 e. The standard InChI is InChI=1S/C11H15N3O3/c1-17-7-9-8(10(15)16)6-12-11(13-9)14-4-2-3-5-14/h6H,2-5,7H2,1H3,(H,15,16). The number of carbonyl (C=O) groups is 1. The Morgan fingerprint density at radius 2 is 2.24 bits per heavy atom. The Labute approximate surface area is 99.2 Å². The van der Waals surface area contributed by atoms with E-state index in [1.165, 1.54) is 13.3 Å². The second-order valence-electron chi connectivity index (χ2n) is 3.96. The first-order valence-corrected chi connectivity index (χ1v) is 5.55. The third-order valence-corrected chi connectivity index (χ3v) is 2.76. The van der Waals surface area contributed by atoms with Gasteiger partial charge in [0.25, 0.3) is 0 Å². The molecule has 2 rings (SSSR count). The minimum absolute atomic E-state index is 0.106. The molecule has 6 heteroatoms. The lowest BCUT2D eigenvalue weighted by atomic mass is 10.2. The molecule has 1 aromatic rings. The van der Waals surface area contributed by atoms with Crippen LogP contribution < -0.4 is 4.90 Å². The molecule has 0 aromatic carbocycles. The first kappa shape index (κ1) is 11.8. The van der Waals surface area contributed by atoms with E-state index in [2.05, 4.69) is 14.9 Å². The predicted molar refractivity (Wildman–Crippen MR) is 61.2 cm³/mol. The zero-order valence-electron chi connectivity index (χ0n) is 9.72. The van der Waals surface area contributed by atoms with Gasteiger partial charge in [0.05, 0.1) is 12.3 Å². The van der Waals surface area contributed by atoms with Crippen molar-refractivity contribution >= 4 is 11.9 Å². The van der Waals surface area contributed by atoms with Gasteiger partial charge in [-0.2, -0.15) is 0 Å². The number of carboxylic acid groups (broad SMARTS) is 1. The SMILES string of the molecule is COCc1nc(N2CCCC2)ncc1C(=O)O. The predicted octanol–water partition coefficient (Wildman–Crippen LogP) is 0.921. The first-order chi connectivity index (χ1) is 8.22. The van der Waals surface area contributed by atoms with Gasteiger partial charge in [-0.3, -0.25) is 0 Å². The van der Waals surface area contributed by atoms with Crippen LogP contribution in [-0.4, -0.2) is 41.2 Å². The lowest BCUT2D eigenvalue weighted by molar-refractivity contribution is 0.0690. The molecule has 0 unspecified atom stereocenters. The van der Waals surface area contributed by atoms with Gasteiger partial charge in [-0.1, -0.05) is 0 Å². The molecule has 1 aliphatic rings. The molecule has 17 heavy (non-hydrogen) atoms. The number of anilines is 1. The first-order valence-electron chi connectivity index (χ1n) is 5.55. The van der Waals surface area contributed by atoms with Gasteiger partial charge in [0.1, 0.15) is 5.56 Å². The summed E-state index contributed by atoms with van der Waals surface area (Å²) in [5.74, 6) is -0.426. The van der Waals surface area contributed by atoms with Crippen LogP contribution in [0.3, 0.4) is 0 Å². The largest absolute Gasteiger partial charge is 0.478 e. The lowest BCUT2D eigenvalue weighted by Crippen LogP contribution is -2.22. The third kappa shape index (κ3) is 2.52. The van der Waals surface area contributed by atoms with Crippen molar-refractivity contribution in [1.82, 2.24) is 9.97 Å². The molecular formula is C11H15N3O3. The summed E-state index contributed by atoms with van der Waals surface area (Å²) in [6.45, 7) is 2.04. The molecule has 0 radical (unpaired) electrons. The van der Waals surface area contributed by atoms with Crippen LogP contribution in [0.15, 0.2) is 6.20 Å². The van der Waals surface area contributed by atoms with Gasteiger partial charge >= 0.3 is 5.97 Å². The summed E-state index contributed by atoms with van der Waals surface area (Å²) in [6.07, 6.45) is 3.62. The molecule has 1 aromatic heterocycles. The number of hydrogen-bond acceptors (Lipinski definition) is 5. The molecule has 1 saturated heterocycles. The van der Waals surface area contributed by atoms with E-state index in [0.717, 1.165) is 25.9 Å². The summed E-state index contributed by atoms with van der Waals surface area (Å²) < 4.78 is 4.96. The Bertz CT molecular complexity index is 416. The summed E-state index contributed by atoms with van der Waals surface area (Å²) >= 11 is 0. The Hall–Kier alpha value is -1.69. The van der Waals surface area contributed by atoms with Gasteiger partial charge in [0.2, 0.25) is 5.95 Å². The van der Waals surface area contributed by atoms with Gasteiger partial charge in [-0.25, -0.2) is 14.8 Å². The molecule has 0 saturated carbocycles. The summed E-state index contributed by atoms with van der Waals surface area (Å²) in [6, 6.07) is 0. The van der Waals surface area contributed by atoms with Crippen molar-refractivity contribution < 1.29 is 14.6 Å². The molecule has 0 aliphatic carbocycles. The maximum Gasteiger partial charge on any atom is 0.339 e. The number of carboxylic acids is 1. The van der Waals surface area contributed by atoms with Crippen molar-refractivity contribution in [3.05, 3.63) is 17.5 Å². The van der Waals surface area contributed by atoms with Gasteiger partial charge in [-0.15, -0.1) is 0 Å². The van der Waals surface area contributed by atoms with Crippen molar-refractivity contribution in [2.75, 3.05) is 25.1 Å². The van der Waals surface area contributed by atoms with Gasteiger partial charge in [0.15, 0.2) is 0 Å². The van der Waals surface area contributed by atoms with Crippen LogP contribution in [0.2, 0.25) is 0 Å². The molecule has 0 atom stereocenters. The number of aromatic nitrogens is 2. The number of hydrogen-bond donors (Lipinski definition) is 1. The highest BCUT2D eigenvalue weighted by atomic mass is 16.5. The quantitative estimate of drug-likeness (QED) is 0.839. The van der Waals surface area contributed by atoms with Crippen LogP contribution in [0.4, 0.5) is 5.95 Å². The highest BCUT2D eigenvalue weighted by molar-refractivity contribution is 5.88. The van der Waals surface area contributed by atoms with Crippen molar-refractivity contribution in [2.24, 2.45) is 0 Å². The van der Waals surface area contributed by atoms with Crippen molar-refractivity contribution in [3.8, 4) is 0 Å². The average Bonchev–Trinajstić information content (AvgIpc) is 2.82. The summed E-state index contributed by atoms with van der Waals surface area (Å²) in [5.41, 5.74) is 0.534. The maximum absolute atomic E-state index is 11.0. The molecular weight excluding hydrogens is 222 g/mol. The van der Waals surface area contributed by atoms with E-state index in [4.69, 9.17) is 9.84 Å². The van der Waals surface area contributed by atoms with Crippen LogP contribution in [-0.2, 0) is 11.3 Å². The van der Waals surface area contributed by atoms with Crippen molar-refractivity contribution in [2.45, 2.75) is 19.4 Å². The molecule has 1 aliphatic heterocycles. The van der Waals surface area contributed by atoms with Crippen LogP contribution in [0.5, 0.6) is 0 Å². The van der Waals surface area contributed by atoms with Crippen molar-refractivity contribution in [1.29, 1.82) is 0 Å². The number of rotatable bonds is 4. The summed E-state index contributed by atoms with van der Waals surface area (Å²) in [7, 11) is 1.52. The third-order valence-electron chi connectivity index (χ3n) is 2.76. The fourth-order valence-electron chi connectivity index (χ4n) is 1.90. The molecule has 0 bridgehead atoms. The molecule has 0 spiro atoms. The van der Waals surface area contributed by atoms with E-state index in [-0.39, 0.29) is 12.2 Å². The normalized spacial score (nSPS) is 15.2. The van der Waals surface area contributed by atoms with E-state index < -0.39 is 5.97 Å². The van der Waals surface area contributed by atoms with Gasteiger partial charge in [-0.05, 0) is 12.8 Å². The second-order valence-corrected chi connectivity index (χ2v) is 3.96. The lowest BCUT2D eigenvalue weighted by Gasteiger charge is -2.16. The minimum Gasteiger partial charge on any atom is -0.478 e. The van der Waals surface area contributed by atoms with Crippen LogP contribution in [0, 0.1) is 0 Å². The second kappa shape index (κ2) is 5.09. The number of nitrogens with zero attached hydrogens (tertiary/aromatic N) is 3. The number of aromatic carboxylic acids is 1. The molecule has 0 amide bonds. The van der Waals surface area contributed by atoms with Crippen LogP contribution >= 0.6 is 0 Å². The Morgan fingerprint density at radius 3 is 2.82 bits per heavy atom. The molecule has 6 nitrogen and oxygen atoms in total. The molecule has 2 heterocycles. The Morgan fingerprint density at radius 1 is 1.53 bits per heavy atom. The van der Waals surface area contributed by atoms with Gasteiger partial charge in [0, 0.05) is 26.4 Å². The van der Waals surface area contributed by atoms with E-state index in [1.54, 1.807) is 0 Å². The molecule has 1 fully saturated rings. The maximum atomic E-state index is 11.0. The highest BCUT2D eigenvalue weighted by Gasteiger charge is 2.18. The Kier molecular flexibility index (Phi) is 3.53. The fraction of sp³-hybridized carbons (Fsp3) is 0.545. The molecule has 92 valence electrons. The van der Waals surface area contributed by atoms with E-state index >= 15 is 0 Å². The zero-order chi connectivity index (χ0) is 12.3. The van der Waals surface area contributed by atoms with Crippen molar-refractivity contribution in [3.63, 3.8) is 0 Å². The zero-order valence-corrected chi connectivity index (χ0v) is 9.72. The van der Waals surface area contributed by atoms with Gasteiger partial charge < -0.3 is 14.7 Å². The fourth-order valence-corrected chi connectivity index (χ4v) is 1.90. The topological polar surface area (TPSA) is 75.5 Å². The summed E-state index contributed by atoms with van der Waals surface area (Å²) in [4.78, 5) is 21.4. The number of methoxy groups -OCH3 is 1. The highest BCUT2D eigenvalue weighted by Crippen LogP contribution is 2.17. The Balaban J connectivity index is 2.30. The average molecular weight is 237 g/mol. The minimum atomic E-state index is -1.02. The van der Waals surface area contributed by atoms with E-state index in [1.807, 2.05) is 0 Å². The van der Waals surface area contributed by atoms with E-state index in [0.29, 0.717) is 11.6 Å². The summed E-state index contributed by atoms with van der Waals surface area (Å²) in [5, 5.41) is 9.00. The van der Waals surface area contributed by atoms with Crippen LogP contribution in [0.1, 0.15) is 28.9 Å². The number of ether oxygens (including phenoxy) is 1. The molecule has 1 N–H and O–H groups in total. The van der Waals surface area contributed by atoms with Crippen LogP contribution in [0.25, 0.3) is 0 Å². The monoisotopic (exact) mass is 237 g/mol.